The maximum Gasteiger partial charge on any atom is 0.335 e. The summed E-state index contributed by atoms with van der Waals surface area (Å²) < 4.78 is 5.64. The molecule has 5 saturated carbocycles. The summed E-state index contributed by atoms with van der Waals surface area (Å²) in [6.45, 7) is 24.7. The molecular formula is C42H66N2O3. The zero-order chi connectivity index (χ0) is 33.4. The molecular weight excluding hydrogens is 580 g/mol. The van der Waals surface area contributed by atoms with E-state index in [0.717, 1.165) is 69.0 Å². The number of fused-ring (bicyclic) bond motifs is 7. The molecule has 1 aromatic carbocycles. The maximum atomic E-state index is 11.6. The zero-order valence-electron chi connectivity index (χ0n) is 30.9. The Morgan fingerprint density at radius 3 is 2.28 bits per heavy atom. The van der Waals surface area contributed by atoms with Crippen LogP contribution in [-0.2, 0) is 4.74 Å². The number of carboxylic acids is 1. The summed E-state index contributed by atoms with van der Waals surface area (Å²) in [5.41, 5.74) is 3.41. The van der Waals surface area contributed by atoms with Gasteiger partial charge in [-0.3, -0.25) is 4.90 Å². The van der Waals surface area contributed by atoms with Gasteiger partial charge in [-0.2, -0.15) is 0 Å². The molecule has 1 heterocycles. The molecule has 0 spiro atoms. The number of ether oxygens (including phenoxy) is 1. The molecule has 10 atom stereocenters. The lowest BCUT2D eigenvalue weighted by Gasteiger charge is -2.73. The van der Waals surface area contributed by atoms with Gasteiger partial charge in [0.05, 0.1) is 18.8 Å². The van der Waals surface area contributed by atoms with Crippen molar-refractivity contribution in [3.05, 3.63) is 35.4 Å². The molecule has 1 saturated heterocycles. The third-order valence-corrected chi connectivity index (χ3v) is 16.9. The number of carboxylic acid groups (broad SMARTS) is 1. The second-order valence-corrected chi connectivity index (χ2v) is 19.0. The maximum absolute atomic E-state index is 11.6. The predicted molar refractivity (Wildman–Crippen MR) is 191 cm³/mol. The molecule has 0 bridgehead atoms. The van der Waals surface area contributed by atoms with Crippen LogP contribution in [0, 0.1) is 57.2 Å². The summed E-state index contributed by atoms with van der Waals surface area (Å²) in [4.78, 5) is 14.2. The molecule has 5 nitrogen and oxygen atoms in total. The van der Waals surface area contributed by atoms with Crippen LogP contribution in [-0.4, -0.2) is 60.9 Å². The first kappa shape index (κ1) is 34.0. The largest absolute Gasteiger partial charge is 0.478 e. The number of morpholine rings is 1. The average Bonchev–Trinajstić information content (AvgIpc) is 3.42. The van der Waals surface area contributed by atoms with E-state index in [1.807, 2.05) is 12.1 Å². The van der Waals surface area contributed by atoms with Gasteiger partial charge in [0, 0.05) is 31.7 Å². The lowest BCUT2D eigenvalue weighted by molar-refractivity contribution is -0.235. The number of aromatic carboxylic acids is 1. The highest BCUT2D eigenvalue weighted by Crippen LogP contribution is 2.77. The molecule has 3 unspecified atom stereocenters. The van der Waals surface area contributed by atoms with E-state index in [0.29, 0.717) is 39.2 Å². The zero-order valence-corrected chi connectivity index (χ0v) is 30.9. The van der Waals surface area contributed by atoms with Crippen LogP contribution in [0.3, 0.4) is 0 Å². The number of nitrogens with zero attached hydrogens (tertiary/aromatic N) is 1. The Morgan fingerprint density at radius 1 is 0.872 bits per heavy atom. The molecule has 0 amide bonds. The van der Waals surface area contributed by atoms with Crippen molar-refractivity contribution in [2.45, 2.75) is 124 Å². The molecule has 0 radical (unpaired) electrons. The van der Waals surface area contributed by atoms with Crippen molar-refractivity contribution < 1.29 is 14.6 Å². The SMILES string of the molecule is CC(C)[C@@H]1CC[C@]2(NCCN3CCOCC3)CC[C@]3(C)[C@H](CCC4[C@@]5(C)CC[C@H](c6ccc(C(=O)O)cc6)C(C)(C)C5CC[C@]43C)C12. The van der Waals surface area contributed by atoms with Crippen LogP contribution < -0.4 is 5.32 Å². The fraction of sp³-hybridized carbons (Fsp3) is 0.833. The monoisotopic (exact) mass is 647 g/mol. The van der Waals surface area contributed by atoms with E-state index in [1.54, 1.807) is 0 Å². The van der Waals surface area contributed by atoms with Gasteiger partial charge >= 0.3 is 5.97 Å². The second kappa shape index (κ2) is 12.1. The van der Waals surface area contributed by atoms with Crippen molar-refractivity contribution in [1.82, 2.24) is 10.2 Å². The van der Waals surface area contributed by atoms with E-state index in [9.17, 15) is 9.90 Å². The van der Waals surface area contributed by atoms with Gasteiger partial charge in [0.1, 0.15) is 0 Å². The van der Waals surface area contributed by atoms with Crippen LogP contribution >= 0.6 is 0 Å². The Kier molecular flexibility index (Phi) is 8.77. The molecule has 2 N–H and O–H groups in total. The van der Waals surface area contributed by atoms with Crippen LogP contribution in [0.15, 0.2) is 24.3 Å². The van der Waals surface area contributed by atoms with E-state index in [4.69, 9.17) is 4.74 Å². The number of carbonyl (C=O) groups is 1. The van der Waals surface area contributed by atoms with Crippen LogP contribution in [0.4, 0.5) is 0 Å². The van der Waals surface area contributed by atoms with Crippen molar-refractivity contribution in [3.8, 4) is 0 Å². The quantitative estimate of drug-likeness (QED) is 0.310. The van der Waals surface area contributed by atoms with Crippen molar-refractivity contribution in [3.63, 3.8) is 0 Å². The van der Waals surface area contributed by atoms with Gasteiger partial charge in [0.25, 0.3) is 0 Å². The summed E-state index contributed by atoms with van der Waals surface area (Å²) in [6, 6.07) is 7.90. The summed E-state index contributed by atoms with van der Waals surface area (Å²) in [5.74, 6) is 4.35. The van der Waals surface area contributed by atoms with Crippen molar-refractivity contribution in [2.24, 2.45) is 57.2 Å². The highest BCUT2D eigenvalue weighted by Gasteiger charge is 2.71. The molecule has 0 aromatic heterocycles. The topological polar surface area (TPSA) is 61.8 Å². The first-order valence-corrected chi connectivity index (χ1v) is 19.7. The number of hydrogen-bond acceptors (Lipinski definition) is 4. The molecule has 1 aliphatic heterocycles. The molecule has 7 rings (SSSR count). The minimum Gasteiger partial charge on any atom is -0.478 e. The van der Waals surface area contributed by atoms with Crippen LogP contribution in [0.25, 0.3) is 0 Å². The van der Waals surface area contributed by atoms with Gasteiger partial charge in [-0.15, -0.1) is 0 Å². The van der Waals surface area contributed by atoms with Gasteiger partial charge in [-0.05, 0) is 145 Å². The number of nitrogens with one attached hydrogen (secondary N) is 1. The van der Waals surface area contributed by atoms with Crippen LogP contribution in [0.2, 0.25) is 0 Å². The first-order chi connectivity index (χ1) is 22.3. The molecule has 1 aromatic rings. The standard InChI is InChI=1S/C42H66N2O3/c1-28(2)31-14-19-42(43-22-23-44-24-26-47-27-25-44)21-20-40(6)33(36(31)42)12-13-35-39(5)17-15-32(29-8-10-30(11-9-29)37(45)46)38(3,4)34(39)16-18-41(35,40)7/h8-11,28,31-36,43H,12-27H2,1-7H3,(H,45,46)/t31-,32+,33+,34?,35?,36?,39-,40+,41+,42-/m0/s1. The van der Waals surface area contributed by atoms with Crippen molar-refractivity contribution in [1.29, 1.82) is 0 Å². The minimum atomic E-state index is -0.830. The molecule has 6 fully saturated rings. The van der Waals surface area contributed by atoms with Gasteiger partial charge < -0.3 is 15.2 Å². The third kappa shape index (κ3) is 5.21. The average molecular weight is 647 g/mol. The van der Waals surface area contributed by atoms with E-state index in [1.165, 1.54) is 69.8 Å². The van der Waals surface area contributed by atoms with E-state index < -0.39 is 5.97 Å². The van der Waals surface area contributed by atoms with Gasteiger partial charge in [0.2, 0.25) is 0 Å². The van der Waals surface area contributed by atoms with E-state index in [2.05, 4.69) is 70.8 Å². The molecule has 262 valence electrons. The Bertz CT molecular complexity index is 1300. The smallest absolute Gasteiger partial charge is 0.335 e. The highest BCUT2D eigenvalue weighted by molar-refractivity contribution is 5.87. The first-order valence-electron chi connectivity index (χ1n) is 19.7. The van der Waals surface area contributed by atoms with Crippen LogP contribution in [0.1, 0.15) is 135 Å². The van der Waals surface area contributed by atoms with E-state index in [-0.39, 0.29) is 5.41 Å². The van der Waals surface area contributed by atoms with Gasteiger partial charge in [0.15, 0.2) is 0 Å². The van der Waals surface area contributed by atoms with Crippen LogP contribution in [0.5, 0.6) is 0 Å². The van der Waals surface area contributed by atoms with Crippen molar-refractivity contribution >= 4 is 5.97 Å². The Morgan fingerprint density at radius 2 is 1.60 bits per heavy atom. The number of benzene rings is 1. The summed E-state index contributed by atoms with van der Waals surface area (Å²) >= 11 is 0. The Hall–Kier alpha value is -1.43. The number of rotatable bonds is 7. The summed E-state index contributed by atoms with van der Waals surface area (Å²) in [6.07, 6.45) is 13.6. The van der Waals surface area contributed by atoms with Crippen molar-refractivity contribution in [2.75, 3.05) is 39.4 Å². The highest BCUT2D eigenvalue weighted by atomic mass is 16.5. The van der Waals surface area contributed by atoms with E-state index >= 15 is 0 Å². The molecule has 47 heavy (non-hydrogen) atoms. The molecule has 5 aliphatic carbocycles. The molecule has 5 heteroatoms. The minimum absolute atomic E-state index is 0.192. The molecule has 6 aliphatic rings. The predicted octanol–water partition coefficient (Wildman–Crippen LogP) is 8.88. The van der Waals surface area contributed by atoms with Gasteiger partial charge in [-0.1, -0.05) is 60.6 Å². The Labute approximate surface area is 286 Å². The summed E-state index contributed by atoms with van der Waals surface area (Å²) in [7, 11) is 0. The summed E-state index contributed by atoms with van der Waals surface area (Å²) in [5, 5.41) is 13.8. The fourth-order valence-corrected chi connectivity index (χ4v) is 14.4. The Balaban J connectivity index is 1.14. The second-order valence-electron chi connectivity index (χ2n) is 19.0. The number of hydrogen-bond donors (Lipinski definition) is 2. The fourth-order valence-electron chi connectivity index (χ4n) is 14.4. The lowest BCUT2D eigenvalue weighted by atomic mass is 9.32. The lowest BCUT2D eigenvalue weighted by Crippen LogP contribution is -2.68. The normalized spacial score (nSPS) is 44.7. The third-order valence-electron chi connectivity index (χ3n) is 16.9. The van der Waals surface area contributed by atoms with Gasteiger partial charge in [-0.25, -0.2) is 4.79 Å².